The number of hydrogen-bond donors (Lipinski definition) is 0. The highest BCUT2D eigenvalue weighted by Gasteiger charge is 2.38. The summed E-state index contributed by atoms with van der Waals surface area (Å²) in [6.45, 7) is 1.59. The monoisotopic (exact) mass is 396 g/mol. The van der Waals surface area contributed by atoms with Gasteiger partial charge in [0.15, 0.2) is 0 Å². The summed E-state index contributed by atoms with van der Waals surface area (Å²) in [7, 11) is 1.50. The number of benzene rings is 1. The van der Waals surface area contributed by atoms with Gasteiger partial charge in [0.2, 0.25) is 17.7 Å². The molecule has 2 unspecified atom stereocenters. The van der Waals surface area contributed by atoms with Crippen molar-refractivity contribution in [2.75, 3.05) is 31.6 Å². The van der Waals surface area contributed by atoms with Gasteiger partial charge in [0, 0.05) is 37.5 Å². The maximum absolute atomic E-state index is 13.1. The minimum atomic E-state index is -0.319. The van der Waals surface area contributed by atoms with Crippen LogP contribution in [-0.2, 0) is 9.59 Å². The Morgan fingerprint density at radius 1 is 1.17 bits per heavy atom. The van der Waals surface area contributed by atoms with Gasteiger partial charge in [0.05, 0.1) is 19.6 Å². The molecule has 2 aromatic rings. The number of carbonyl (C=O) groups is 2. The van der Waals surface area contributed by atoms with Crippen LogP contribution in [0, 0.1) is 5.92 Å². The number of amides is 2. The molecule has 0 aliphatic carbocycles. The minimum absolute atomic E-state index is 0.00700. The van der Waals surface area contributed by atoms with Gasteiger partial charge in [-0.15, -0.1) is 0 Å². The van der Waals surface area contributed by atoms with Gasteiger partial charge in [-0.3, -0.25) is 9.59 Å². The number of hydrogen-bond acceptors (Lipinski definition) is 6. The molecule has 2 aliphatic rings. The van der Waals surface area contributed by atoms with Gasteiger partial charge >= 0.3 is 6.01 Å². The maximum Gasteiger partial charge on any atom is 0.319 e. The highest BCUT2D eigenvalue weighted by molar-refractivity contribution is 6.00. The third-order valence-electron chi connectivity index (χ3n) is 5.31. The van der Waals surface area contributed by atoms with E-state index in [1.165, 1.54) is 7.11 Å². The minimum Gasteiger partial charge on any atom is -0.472 e. The Bertz CT molecular complexity index is 876. The molecule has 152 valence electrons. The number of methoxy groups -OCH3 is 1. The number of piperidine rings is 1. The number of anilines is 1. The van der Waals surface area contributed by atoms with Crippen molar-refractivity contribution in [3.8, 4) is 11.9 Å². The molecule has 4 rings (SSSR count). The molecular formula is C21H24N4O4. The number of likely N-dealkylation sites (tertiary alicyclic amines) is 1. The van der Waals surface area contributed by atoms with Crippen molar-refractivity contribution >= 4 is 17.5 Å². The first-order valence-electron chi connectivity index (χ1n) is 9.82. The van der Waals surface area contributed by atoms with Crippen molar-refractivity contribution in [1.82, 2.24) is 14.9 Å². The Labute approximate surface area is 169 Å². The first-order chi connectivity index (χ1) is 14.1. The summed E-state index contributed by atoms with van der Waals surface area (Å²) in [6.07, 6.45) is 3.38. The predicted octanol–water partition coefficient (Wildman–Crippen LogP) is 1.91. The maximum atomic E-state index is 13.1. The number of rotatable bonds is 5. The highest BCUT2D eigenvalue weighted by Crippen LogP contribution is 2.27. The number of ether oxygens (including phenoxy) is 2. The fraction of sp³-hybridized carbons (Fsp3) is 0.429. The van der Waals surface area contributed by atoms with Crippen LogP contribution < -0.4 is 14.4 Å². The second kappa shape index (κ2) is 8.46. The topological polar surface area (TPSA) is 84.9 Å². The van der Waals surface area contributed by atoms with E-state index >= 15 is 0 Å². The van der Waals surface area contributed by atoms with Crippen LogP contribution in [0.4, 0.5) is 5.69 Å². The van der Waals surface area contributed by atoms with E-state index in [4.69, 9.17) is 9.47 Å². The Morgan fingerprint density at radius 2 is 2.00 bits per heavy atom. The molecule has 2 amide bonds. The molecule has 1 aromatic carbocycles. The zero-order chi connectivity index (χ0) is 20.2. The van der Waals surface area contributed by atoms with Crippen molar-refractivity contribution < 1.29 is 19.1 Å². The fourth-order valence-corrected chi connectivity index (χ4v) is 3.88. The molecule has 2 fully saturated rings. The van der Waals surface area contributed by atoms with Crippen LogP contribution in [0.25, 0.3) is 0 Å². The molecule has 3 heterocycles. The molecule has 0 radical (unpaired) electrons. The van der Waals surface area contributed by atoms with Crippen molar-refractivity contribution in [2.24, 2.45) is 5.92 Å². The summed E-state index contributed by atoms with van der Waals surface area (Å²) in [4.78, 5) is 37.2. The van der Waals surface area contributed by atoms with Gasteiger partial charge in [0.1, 0.15) is 6.10 Å². The third-order valence-corrected chi connectivity index (χ3v) is 5.31. The summed E-state index contributed by atoms with van der Waals surface area (Å²) in [5.41, 5.74) is 0.838. The molecule has 0 spiro atoms. The largest absolute Gasteiger partial charge is 0.472 e. The summed E-state index contributed by atoms with van der Waals surface area (Å²) >= 11 is 0. The van der Waals surface area contributed by atoms with E-state index in [0.717, 1.165) is 18.5 Å². The molecule has 29 heavy (non-hydrogen) atoms. The Balaban J connectivity index is 1.38. The zero-order valence-corrected chi connectivity index (χ0v) is 16.4. The Morgan fingerprint density at radius 3 is 2.79 bits per heavy atom. The van der Waals surface area contributed by atoms with Crippen molar-refractivity contribution in [3.63, 3.8) is 0 Å². The van der Waals surface area contributed by atoms with Gasteiger partial charge in [-0.25, -0.2) is 4.98 Å². The second-order valence-electron chi connectivity index (χ2n) is 7.29. The lowest BCUT2D eigenvalue weighted by Gasteiger charge is -2.34. The van der Waals surface area contributed by atoms with Crippen LogP contribution in [0.1, 0.15) is 19.3 Å². The number of nitrogens with zero attached hydrogens (tertiary/aromatic N) is 4. The Kier molecular flexibility index (Phi) is 5.59. The van der Waals surface area contributed by atoms with Gasteiger partial charge < -0.3 is 19.3 Å². The molecule has 0 bridgehead atoms. The summed E-state index contributed by atoms with van der Waals surface area (Å²) < 4.78 is 11.0. The van der Waals surface area contributed by atoms with Crippen LogP contribution in [0.5, 0.6) is 11.9 Å². The molecular weight excluding hydrogens is 372 g/mol. The van der Waals surface area contributed by atoms with Gasteiger partial charge in [-0.2, -0.15) is 4.98 Å². The van der Waals surface area contributed by atoms with Gasteiger partial charge in [-0.05, 0) is 25.0 Å². The first kappa shape index (κ1) is 19.2. The predicted molar refractivity (Wildman–Crippen MR) is 106 cm³/mol. The fourth-order valence-electron chi connectivity index (χ4n) is 3.88. The van der Waals surface area contributed by atoms with E-state index in [-0.39, 0.29) is 36.3 Å². The summed E-state index contributed by atoms with van der Waals surface area (Å²) in [6, 6.07) is 11.4. The van der Waals surface area contributed by atoms with Crippen LogP contribution in [0.3, 0.4) is 0 Å². The molecule has 2 atom stereocenters. The normalized spacial score (nSPS) is 21.9. The lowest BCUT2D eigenvalue weighted by atomic mass is 10.0. The van der Waals surface area contributed by atoms with Crippen molar-refractivity contribution in [3.05, 3.63) is 42.6 Å². The SMILES string of the molecule is COc1nccc(OC2CCCN(C(=O)C3CC(=O)N(c4ccccc4)C3)C2)n1. The average molecular weight is 396 g/mol. The quantitative estimate of drug-likeness (QED) is 0.768. The molecule has 2 saturated heterocycles. The van der Waals surface area contributed by atoms with Crippen LogP contribution in [0.15, 0.2) is 42.6 Å². The molecule has 2 aliphatic heterocycles. The molecule has 8 heteroatoms. The van der Waals surface area contributed by atoms with Crippen molar-refractivity contribution in [2.45, 2.75) is 25.4 Å². The Hall–Kier alpha value is -3.16. The van der Waals surface area contributed by atoms with E-state index in [2.05, 4.69) is 9.97 Å². The lowest BCUT2D eigenvalue weighted by Crippen LogP contribution is -2.47. The van der Waals surface area contributed by atoms with E-state index in [1.54, 1.807) is 17.2 Å². The molecule has 1 aromatic heterocycles. The molecule has 0 N–H and O–H groups in total. The average Bonchev–Trinajstić information content (AvgIpc) is 3.16. The van der Waals surface area contributed by atoms with E-state index in [9.17, 15) is 9.59 Å². The van der Waals surface area contributed by atoms with E-state index in [1.807, 2.05) is 35.2 Å². The lowest BCUT2D eigenvalue weighted by molar-refractivity contribution is -0.138. The van der Waals surface area contributed by atoms with Crippen LogP contribution >= 0.6 is 0 Å². The van der Waals surface area contributed by atoms with E-state index < -0.39 is 0 Å². The highest BCUT2D eigenvalue weighted by atomic mass is 16.5. The number of para-hydroxylation sites is 1. The van der Waals surface area contributed by atoms with E-state index in [0.29, 0.717) is 25.5 Å². The number of aromatic nitrogens is 2. The standard InChI is InChI=1S/C21H24N4O4/c1-28-21-22-10-9-18(23-21)29-17-8-5-11-24(14-17)20(27)15-12-19(26)25(13-15)16-6-3-2-4-7-16/h2-4,6-7,9-10,15,17H,5,8,11-14H2,1H3. The summed E-state index contributed by atoms with van der Waals surface area (Å²) in [5, 5.41) is 0. The van der Waals surface area contributed by atoms with Gasteiger partial charge in [-0.1, -0.05) is 18.2 Å². The second-order valence-corrected chi connectivity index (χ2v) is 7.29. The third kappa shape index (κ3) is 4.31. The molecule has 8 nitrogen and oxygen atoms in total. The van der Waals surface area contributed by atoms with Crippen LogP contribution in [-0.4, -0.2) is 59.5 Å². The number of carbonyl (C=O) groups excluding carboxylic acids is 2. The zero-order valence-electron chi connectivity index (χ0n) is 16.4. The van der Waals surface area contributed by atoms with Crippen molar-refractivity contribution in [1.29, 1.82) is 0 Å². The molecule has 0 saturated carbocycles. The summed E-state index contributed by atoms with van der Waals surface area (Å²) in [5.74, 6) is 0.126. The smallest absolute Gasteiger partial charge is 0.319 e. The van der Waals surface area contributed by atoms with Gasteiger partial charge in [0.25, 0.3) is 0 Å². The first-order valence-corrected chi connectivity index (χ1v) is 9.82. The van der Waals surface area contributed by atoms with Crippen LogP contribution in [0.2, 0.25) is 0 Å².